The lowest BCUT2D eigenvalue weighted by Crippen LogP contribution is -2.36. The van der Waals surface area contributed by atoms with E-state index >= 15 is 0 Å². The zero-order valence-corrected chi connectivity index (χ0v) is 7.66. The third-order valence-corrected chi connectivity index (χ3v) is 2.64. The molecule has 0 radical (unpaired) electrons. The van der Waals surface area contributed by atoms with Gasteiger partial charge in [-0.25, -0.2) is 0 Å². The Labute approximate surface area is 78.6 Å². The van der Waals surface area contributed by atoms with E-state index in [9.17, 15) is 0 Å². The lowest BCUT2D eigenvalue weighted by atomic mass is 9.94. The van der Waals surface area contributed by atoms with Crippen LogP contribution in [-0.2, 0) is 13.0 Å². The summed E-state index contributed by atoms with van der Waals surface area (Å²) >= 11 is 0. The number of aliphatic hydroxyl groups is 1. The summed E-state index contributed by atoms with van der Waals surface area (Å²) in [5.74, 6) is 0. The Morgan fingerprint density at radius 2 is 2.08 bits per heavy atom. The molecule has 0 amide bonds. The fourth-order valence-corrected chi connectivity index (χ4v) is 1.88. The fraction of sp³-hybridized carbons (Fsp3) is 0.455. The molecule has 0 saturated heterocycles. The van der Waals surface area contributed by atoms with Crippen molar-refractivity contribution in [3.8, 4) is 0 Å². The van der Waals surface area contributed by atoms with E-state index in [1.54, 1.807) is 0 Å². The molecule has 2 nitrogen and oxygen atoms in total. The van der Waals surface area contributed by atoms with Crippen molar-refractivity contribution in [3.05, 3.63) is 35.4 Å². The second-order valence-electron chi connectivity index (χ2n) is 3.56. The Kier molecular flexibility index (Phi) is 2.62. The van der Waals surface area contributed by atoms with Gasteiger partial charge >= 0.3 is 0 Å². The molecule has 1 aromatic rings. The van der Waals surface area contributed by atoms with E-state index in [4.69, 9.17) is 5.11 Å². The van der Waals surface area contributed by atoms with E-state index < -0.39 is 0 Å². The van der Waals surface area contributed by atoms with Gasteiger partial charge in [0.05, 0.1) is 0 Å². The minimum absolute atomic E-state index is 0.278. The summed E-state index contributed by atoms with van der Waals surface area (Å²) in [7, 11) is 0. The smallest absolute Gasteiger partial charge is 0.0445 e. The first-order valence-corrected chi connectivity index (χ1v) is 4.81. The van der Waals surface area contributed by atoms with Crippen LogP contribution in [0.1, 0.15) is 17.5 Å². The Morgan fingerprint density at radius 1 is 1.31 bits per heavy atom. The van der Waals surface area contributed by atoms with Gasteiger partial charge in [0.2, 0.25) is 0 Å². The summed E-state index contributed by atoms with van der Waals surface area (Å²) < 4.78 is 0. The third kappa shape index (κ3) is 1.90. The summed E-state index contributed by atoms with van der Waals surface area (Å²) in [6, 6.07) is 8.96. The second kappa shape index (κ2) is 3.90. The van der Waals surface area contributed by atoms with Crippen molar-refractivity contribution in [1.82, 2.24) is 5.32 Å². The second-order valence-corrected chi connectivity index (χ2v) is 3.56. The predicted molar refractivity (Wildman–Crippen MR) is 52.5 cm³/mol. The highest BCUT2D eigenvalue weighted by atomic mass is 16.3. The molecular formula is C11H15NO. The van der Waals surface area contributed by atoms with Gasteiger partial charge in [0.25, 0.3) is 0 Å². The minimum atomic E-state index is 0.278. The molecule has 0 spiro atoms. The zero-order valence-electron chi connectivity index (χ0n) is 7.66. The van der Waals surface area contributed by atoms with Gasteiger partial charge in [0.1, 0.15) is 0 Å². The van der Waals surface area contributed by atoms with Crippen LogP contribution in [0.25, 0.3) is 0 Å². The number of hydrogen-bond acceptors (Lipinski definition) is 2. The van der Waals surface area contributed by atoms with Crippen LogP contribution < -0.4 is 5.32 Å². The Bertz CT molecular complexity index is 285. The molecule has 70 valence electrons. The van der Waals surface area contributed by atoms with Crippen molar-refractivity contribution in [2.24, 2.45) is 0 Å². The van der Waals surface area contributed by atoms with Crippen LogP contribution in [0.5, 0.6) is 0 Å². The molecule has 0 fully saturated rings. The van der Waals surface area contributed by atoms with Gasteiger partial charge in [-0.1, -0.05) is 24.3 Å². The number of benzene rings is 1. The fourth-order valence-electron chi connectivity index (χ4n) is 1.88. The van der Waals surface area contributed by atoms with Gasteiger partial charge in [-0.3, -0.25) is 0 Å². The molecule has 1 heterocycles. The predicted octanol–water partition coefficient (Wildman–Crippen LogP) is 1.08. The summed E-state index contributed by atoms with van der Waals surface area (Å²) in [6.45, 7) is 1.22. The average Bonchev–Trinajstić information content (AvgIpc) is 2.18. The van der Waals surface area contributed by atoms with Crippen molar-refractivity contribution < 1.29 is 5.11 Å². The number of hydrogen-bond donors (Lipinski definition) is 2. The molecule has 0 aliphatic carbocycles. The van der Waals surface area contributed by atoms with Crippen molar-refractivity contribution in [2.75, 3.05) is 6.61 Å². The third-order valence-electron chi connectivity index (χ3n) is 2.64. The summed E-state index contributed by atoms with van der Waals surface area (Å²) in [5.41, 5.74) is 2.83. The molecular weight excluding hydrogens is 162 g/mol. The van der Waals surface area contributed by atoms with Crippen molar-refractivity contribution in [1.29, 1.82) is 0 Å². The Hall–Kier alpha value is -0.860. The van der Waals surface area contributed by atoms with Crippen molar-refractivity contribution >= 4 is 0 Å². The highest BCUT2D eigenvalue weighted by Gasteiger charge is 2.16. The van der Waals surface area contributed by atoms with Crippen LogP contribution in [0.4, 0.5) is 0 Å². The highest BCUT2D eigenvalue weighted by molar-refractivity contribution is 5.29. The van der Waals surface area contributed by atoms with Crippen molar-refractivity contribution in [2.45, 2.75) is 25.4 Å². The maximum Gasteiger partial charge on any atom is 0.0445 e. The SMILES string of the molecule is OCCC1Cc2ccccc2CN1. The molecule has 2 N–H and O–H groups in total. The van der Waals surface area contributed by atoms with Gasteiger partial charge in [-0.05, 0) is 24.0 Å². The van der Waals surface area contributed by atoms with E-state index in [0.29, 0.717) is 6.04 Å². The molecule has 2 heteroatoms. The van der Waals surface area contributed by atoms with Crippen LogP contribution in [-0.4, -0.2) is 17.8 Å². The lowest BCUT2D eigenvalue weighted by molar-refractivity contribution is 0.260. The number of rotatable bonds is 2. The van der Waals surface area contributed by atoms with Gasteiger partial charge in [-0.15, -0.1) is 0 Å². The highest BCUT2D eigenvalue weighted by Crippen LogP contribution is 2.17. The first-order valence-electron chi connectivity index (χ1n) is 4.81. The molecule has 0 saturated carbocycles. The monoisotopic (exact) mass is 177 g/mol. The van der Waals surface area contributed by atoms with E-state index in [0.717, 1.165) is 19.4 Å². The van der Waals surface area contributed by atoms with E-state index in [1.807, 2.05) is 0 Å². The number of fused-ring (bicyclic) bond motifs is 1. The summed E-state index contributed by atoms with van der Waals surface area (Å²) in [6.07, 6.45) is 1.91. The van der Waals surface area contributed by atoms with Gasteiger partial charge in [0.15, 0.2) is 0 Å². The molecule has 0 bridgehead atoms. The van der Waals surface area contributed by atoms with Crippen LogP contribution in [0, 0.1) is 0 Å². The molecule has 1 aromatic carbocycles. The molecule has 1 unspecified atom stereocenters. The molecule has 1 atom stereocenters. The topological polar surface area (TPSA) is 32.3 Å². The zero-order chi connectivity index (χ0) is 9.10. The van der Waals surface area contributed by atoms with Gasteiger partial charge < -0.3 is 10.4 Å². The first-order chi connectivity index (χ1) is 6.40. The maximum absolute atomic E-state index is 8.83. The average molecular weight is 177 g/mol. The normalized spacial score (nSPS) is 21.2. The quantitative estimate of drug-likeness (QED) is 0.708. The van der Waals surface area contributed by atoms with Crippen LogP contribution in [0.15, 0.2) is 24.3 Å². The summed E-state index contributed by atoms with van der Waals surface area (Å²) in [5, 5.41) is 12.2. The van der Waals surface area contributed by atoms with Crippen LogP contribution in [0.3, 0.4) is 0 Å². The Balaban J connectivity index is 2.11. The molecule has 13 heavy (non-hydrogen) atoms. The largest absolute Gasteiger partial charge is 0.396 e. The molecule has 1 aliphatic heterocycles. The first kappa shape index (κ1) is 8.73. The molecule has 0 aromatic heterocycles. The molecule has 1 aliphatic rings. The van der Waals surface area contributed by atoms with E-state index in [1.165, 1.54) is 11.1 Å². The van der Waals surface area contributed by atoms with Gasteiger partial charge in [0, 0.05) is 19.2 Å². The Morgan fingerprint density at radius 3 is 2.85 bits per heavy atom. The minimum Gasteiger partial charge on any atom is -0.396 e. The van der Waals surface area contributed by atoms with Crippen LogP contribution in [0.2, 0.25) is 0 Å². The van der Waals surface area contributed by atoms with E-state index in [-0.39, 0.29) is 6.61 Å². The maximum atomic E-state index is 8.83. The summed E-state index contributed by atoms with van der Waals surface area (Å²) in [4.78, 5) is 0. The van der Waals surface area contributed by atoms with Gasteiger partial charge in [-0.2, -0.15) is 0 Å². The lowest BCUT2D eigenvalue weighted by Gasteiger charge is -2.25. The van der Waals surface area contributed by atoms with Crippen LogP contribution >= 0.6 is 0 Å². The van der Waals surface area contributed by atoms with Crippen molar-refractivity contribution in [3.63, 3.8) is 0 Å². The number of nitrogens with one attached hydrogen (secondary N) is 1. The standard InChI is InChI=1S/C11H15NO/c13-6-5-11-7-9-3-1-2-4-10(9)8-12-11/h1-4,11-13H,5-8H2. The molecule has 2 rings (SSSR count). The van der Waals surface area contributed by atoms with E-state index in [2.05, 4.69) is 29.6 Å². The number of aliphatic hydroxyl groups excluding tert-OH is 1.